The summed E-state index contributed by atoms with van der Waals surface area (Å²) in [5.74, 6) is -0.244. The molecule has 0 unspecified atom stereocenters. The van der Waals surface area contributed by atoms with Gasteiger partial charge in [-0.15, -0.1) is 0 Å². The van der Waals surface area contributed by atoms with Gasteiger partial charge in [0.05, 0.1) is 6.54 Å². The molecule has 0 radical (unpaired) electrons. The molecule has 1 aliphatic heterocycles. The second-order valence-corrected chi connectivity index (χ2v) is 8.25. The van der Waals surface area contributed by atoms with Crippen LogP contribution in [-0.2, 0) is 4.79 Å². The van der Waals surface area contributed by atoms with Crippen LogP contribution in [0.1, 0.15) is 60.2 Å². The second-order valence-electron chi connectivity index (χ2n) is 8.25. The van der Waals surface area contributed by atoms with Crippen LogP contribution in [0.5, 0.6) is 0 Å². The molecule has 1 saturated heterocycles. The third kappa shape index (κ3) is 6.81. The van der Waals surface area contributed by atoms with Crippen molar-refractivity contribution in [3.8, 4) is 0 Å². The minimum atomic E-state index is -0.230. The van der Waals surface area contributed by atoms with Crippen LogP contribution in [0.4, 0.5) is 11.4 Å². The van der Waals surface area contributed by atoms with Gasteiger partial charge in [0.1, 0.15) is 0 Å². The number of carbonyl (C=O) groups is 3. The zero-order valence-electron chi connectivity index (χ0n) is 19.6. The van der Waals surface area contributed by atoms with Gasteiger partial charge < -0.3 is 20.4 Å². The summed E-state index contributed by atoms with van der Waals surface area (Å²) in [6.07, 6.45) is 4.44. The third-order valence-corrected chi connectivity index (χ3v) is 5.90. The van der Waals surface area contributed by atoms with Crippen molar-refractivity contribution in [3.63, 3.8) is 0 Å². The van der Waals surface area contributed by atoms with Gasteiger partial charge >= 0.3 is 0 Å². The maximum atomic E-state index is 12.9. The number of rotatable bonds is 8. The van der Waals surface area contributed by atoms with Crippen LogP contribution >= 0.6 is 0 Å². The van der Waals surface area contributed by atoms with Gasteiger partial charge in [0.15, 0.2) is 0 Å². The number of hydrogen-bond donors (Lipinski definition) is 2. The van der Waals surface area contributed by atoms with Gasteiger partial charge in [0.25, 0.3) is 11.8 Å². The molecule has 33 heavy (non-hydrogen) atoms. The van der Waals surface area contributed by atoms with Crippen LogP contribution in [0.3, 0.4) is 0 Å². The van der Waals surface area contributed by atoms with Gasteiger partial charge in [-0.1, -0.05) is 25.0 Å². The molecule has 2 aromatic rings. The minimum Gasteiger partial charge on any atom is -0.376 e. The standard InChI is InChI=1S/C26H34N4O3/c1-3-29(4-2)25(32)21-12-10-14-23(18-21)28-24(31)19-27-22-13-9-11-20(17-22)26(33)30-15-7-5-6-8-16-30/h9-14,17-18,27H,3-8,15-16,19H2,1-2H3,(H,28,31). The van der Waals surface area contributed by atoms with Crippen molar-refractivity contribution in [3.05, 3.63) is 59.7 Å². The molecule has 1 heterocycles. The highest BCUT2D eigenvalue weighted by Crippen LogP contribution is 2.17. The van der Waals surface area contributed by atoms with Gasteiger partial charge in [-0.2, -0.15) is 0 Å². The van der Waals surface area contributed by atoms with E-state index in [0.29, 0.717) is 29.9 Å². The fourth-order valence-electron chi connectivity index (χ4n) is 4.03. The Morgan fingerprint density at radius 1 is 0.848 bits per heavy atom. The molecule has 7 nitrogen and oxygen atoms in total. The van der Waals surface area contributed by atoms with Crippen molar-refractivity contribution in [2.45, 2.75) is 39.5 Å². The Hall–Kier alpha value is -3.35. The molecule has 0 saturated carbocycles. The van der Waals surface area contributed by atoms with E-state index in [1.54, 1.807) is 35.2 Å². The number of nitrogens with one attached hydrogen (secondary N) is 2. The van der Waals surface area contributed by atoms with Crippen LogP contribution in [-0.4, -0.2) is 60.2 Å². The van der Waals surface area contributed by atoms with Crippen LogP contribution in [0, 0.1) is 0 Å². The summed E-state index contributed by atoms with van der Waals surface area (Å²) in [5, 5.41) is 5.92. The van der Waals surface area contributed by atoms with Crippen LogP contribution < -0.4 is 10.6 Å². The van der Waals surface area contributed by atoms with Crippen LogP contribution in [0.15, 0.2) is 48.5 Å². The summed E-state index contributed by atoms with van der Waals surface area (Å²) in [5.41, 5.74) is 2.47. The number of benzene rings is 2. The average molecular weight is 451 g/mol. The Balaban J connectivity index is 1.57. The highest BCUT2D eigenvalue weighted by Gasteiger charge is 2.18. The summed E-state index contributed by atoms with van der Waals surface area (Å²) in [7, 11) is 0. The zero-order valence-corrected chi connectivity index (χ0v) is 19.6. The summed E-state index contributed by atoms with van der Waals surface area (Å²) >= 11 is 0. The first kappa shape index (κ1) is 24.3. The topological polar surface area (TPSA) is 81.8 Å². The molecule has 1 aliphatic rings. The maximum Gasteiger partial charge on any atom is 0.253 e. The van der Waals surface area contributed by atoms with E-state index in [9.17, 15) is 14.4 Å². The first-order valence-electron chi connectivity index (χ1n) is 11.8. The molecule has 3 amide bonds. The van der Waals surface area contributed by atoms with E-state index in [2.05, 4.69) is 10.6 Å². The molecule has 176 valence electrons. The second kappa shape index (κ2) is 12.0. The summed E-state index contributed by atoms with van der Waals surface area (Å²) in [6.45, 7) is 6.80. The largest absolute Gasteiger partial charge is 0.376 e. The highest BCUT2D eigenvalue weighted by atomic mass is 16.2. The van der Waals surface area contributed by atoms with Gasteiger partial charge in [0, 0.05) is 48.7 Å². The van der Waals surface area contributed by atoms with E-state index in [1.165, 1.54) is 12.8 Å². The van der Waals surface area contributed by atoms with Crippen LogP contribution in [0.25, 0.3) is 0 Å². The molecule has 2 N–H and O–H groups in total. The van der Waals surface area contributed by atoms with Crippen molar-refractivity contribution in [2.75, 3.05) is 43.4 Å². The molecule has 0 bridgehead atoms. The molecule has 2 aromatic carbocycles. The fourth-order valence-corrected chi connectivity index (χ4v) is 4.03. The van der Waals surface area contributed by atoms with E-state index in [4.69, 9.17) is 0 Å². The van der Waals surface area contributed by atoms with Gasteiger partial charge in [0.2, 0.25) is 5.91 Å². The molecule has 0 spiro atoms. The van der Waals surface area contributed by atoms with Gasteiger partial charge in [-0.3, -0.25) is 14.4 Å². The molecule has 3 rings (SSSR count). The third-order valence-electron chi connectivity index (χ3n) is 5.90. The molecule has 0 atom stereocenters. The molecular formula is C26H34N4O3. The average Bonchev–Trinajstić information content (AvgIpc) is 3.13. The maximum absolute atomic E-state index is 12.9. The number of likely N-dealkylation sites (tertiary alicyclic amines) is 1. The van der Waals surface area contributed by atoms with E-state index < -0.39 is 0 Å². The number of hydrogen-bond acceptors (Lipinski definition) is 4. The van der Waals surface area contributed by atoms with E-state index in [-0.39, 0.29) is 24.3 Å². The van der Waals surface area contributed by atoms with Crippen molar-refractivity contribution in [1.29, 1.82) is 0 Å². The lowest BCUT2D eigenvalue weighted by Crippen LogP contribution is -2.31. The highest BCUT2D eigenvalue weighted by molar-refractivity contribution is 5.98. The Labute approximate surface area is 196 Å². The monoisotopic (exact) mass is 450 g/mol. The van der Waals surface area contributed by atoms with E-state index in [1.807, 2.05) is 36.9 Å². The smallest absolute Gasteiger partial charge is 0.253 e. The van der Waals surface area contributed by atoms with Crippen LogP contribution in [0.2, 0.25) is 0 Å². The predicted octanol–water partition coefficient (Wildman–Crippen LogP) is 4.24. The van der Waals surface area contributed by atoms with E-state index in [0.717, 1.165) is 31.6 Å². The summed E-state index contributed by atoms with van der Waals surface area (Å²) in [6, 6.07) is 14.2. The molecular weight excluding hydrogens is 416 g/mol. The van der Waals surface area contributed by atoms with Gasteiger partial charge in [-0.25, -0.2) is 0 Å². The van der Waals surface area contributed by atoms with Crippen molar-refractivity contribution < 1.29 is 14.4 Å². The lowest BCUT2D eigenvalue weighted by Gasteiger charge is -2.20. The summed E-state index contributed by atoms with van der Waals surface area (Å²) < 4.78 is 0. The molecule has 7 heteroatoms. The first-order chi connectivity index (χ1) is 16.0. The quantitative estimate of drug-likeness (QED) is 0.630. The normalized spacial score (nSPS) is 13.7. The lowest BCUT2D eigenvalue weighted by molar-refractivity contribution is -0.114. The summed E-state index contributed by atoms with van der Waals surface area (Å²) in [4.78, 5) is 41.5. The van der Waals surface area contributed by atoms with Crippen molar-refractivity contribution in [1.82, 2.24) is 9.80 Å². The number of amides is 3. The predicted molar refractivity (Wildman–Crippen MR) is 132 cm³/mol. The van der Waals surface area contributed by atoms with E-state index >= 15 is 0 Å². The SMILES string of the molecule is CCN(CC)C(=O)c1cccc(NC(=O)CNc2cccc(C(=O)N3CCCCCC3)c2)c1. The molecule has 0 aromatic heterocycles. The van der Waals surface area contributed by atoms with Crippen molar-refractivity contribution >= 4 is 29.1 Å². The Morgan fingerprint density at radius 3 is 2.12 bits per heavy atom. The zero-order chi connectivity index (χ0) is 23.6. The first-order valence-corrected chi connectivity index (χ1v) is 11.8. The Kier molecular flexibility index (Phi) is 8.87. The number of nitrogens with zero attached hydrogens (tertiary/aromatic N) is 2. The number of carbonyl (C=O) groups excluding carboxylic acids is 3. The minimum absolute atomic E-state index is 0.0414. The molecule has 1 fully saturated rings. The molecule has 0 aliphatic carbocycles. The Morgan fingerprint density at radius 2 is 1.45 bits per heavy atom. The Bertz CT molecular complexity index is 964. The van der Waals surface area contributed by atoms with Gasteiger partial charge in [-0.05, 0) is 63.1 Å². The fraction of sp³-hybridized carbons (Fsp3) is 0.423. The lowest BCUT2D eigenvalue weighted by atomic mass is 10.1. The number of anilines is 2. The van der Waals surface area contributed by atoms with Crippen molar-refractivity contribution in [2.24, 2.45) is 0 Å².